The molecule has 0 unspecified atom stereocenters. The monoisotopic (exact) mass is 301 g/mol. The van der Waals surface area contributed by atoms with Crippen LogP contribution in [0.4, 0.5) is 0 Å². The van der Waals surface area contributed by atoms with Crippen LogP contribution in [-0.2, 0) is 14.3 Å². The summed E-state index contributed by atoms with van der Waals surface area (Å²) in [6, 6.07) is 0. The van der Waals surface area contributed by atoms with Gasteiger partial charge in [0.2, 0.25) is 12.8 Å². The Labute approximate surface area is 125 Å². The van der Waals surface area contributed by atoms with Crippen LogP contribution in [0.3, 0.4) is 0 Å². The van der Waals surface area contributed by atoms with E-state index in [4.69, 9.17) is 16.3 Å². The van der Waals surface area contributed by atoms with E-state index in [-0.39, 0.29) is 6.54 Å². The van der Waals surface area contributed by atoms with Gasteiger partial charge in [-0.3, -0.25) is 9.59 Å². The average Bonchev–Trinajstić information content (AvgIpc) is 2.33. The molecule has 6 N–H and O–H groups in total. The molecule has 0 bridgehead atoms. The van der Waals surface area contributed by atoms with Gasteiger partial charge in [-0.2, -0.15) is 0 Å². The van der Waals surface area contributed by atoms with Crippen LogP contribution in [0.5, 0.6) is 0 Å². The summed E-state index contributed by atoms with van der Waals surface area (Å²) in [5, 5.41) is 6.53. The summed E-state index contributed by atoms with van der Waals surface area (Å²) in [6.45, 7) is 8.47. The first-order chi connectivity index (χ1) is 9.62. The van der Waals surface area contributed by atoms with Gasteiger partial charge < -0.3 is 26.1 Å². The number of amides is 2. The highest BCUT2D eigenvalue weighted by molar-refractivity contribution is 5.47. The highest BCUT2D eigenvalue weighted by Gasteiger charge is 2.25. The van der Waals surface area contributed by atoms with Crippen molar-refractivity contribution in [1.82, 2.24) is 15.6 Å². The zero-order chi connectivity index (χ0) is 16.5. The number of hydrogen-bond donors (Lipinski definition) is 4. The van der Waals surface area contributed by atoms with Gasteiger partial charge in [0.25, 0.3) is 0 Å². The largest absolute Gasteiger partial charge is 0.399 e. The Morgan fingerprint density at radius 3 is 2.38 bits per heavy atom. The molecule has 0 fully saturated rings. The van der Waals surface area contributed by atoms with E-state index in [1.54, 1.807) is 0 Å². The van der Waals surface area contributed by atoms with E-state index in [0.717, 1.165) is 0 Å². The van der Waals surface area contributed by atoms with Crippen LogP contribution in [0, 0.1) is 0 Å². The molecule has 0 radical (unpaired) electrons. The highest BCUT2D eigenvalue weighted by atomic mass is 16.5. The van der Waals surface area contributed by atoms with Crippen LogP contribution < -0.4 is 22.2 Å². The molecule has 0 heterocycles. The number of rotatable bonds is 11. The Kier molecular flexibility index (Phi) is 7.75. The standard InChI is InChI=1S/C13H27N5O3/c1-12(2,17-10-20)8-21-13(3,4)7-18(15)6-11(14)5-16-9-19/h6,9-10H,5,7-8,14-15H2,1-4H3,(H,16,19)(H,17,20)/b11-6-. The first-order valence-corrected chi connectivity index (χ1v) is 6.62. The van der Waals surface area contributed by atoms with Crippen molar-refractivity contribution in [2.45, 2.75) is 38.8 Å². The first kappa shape index (κ1) is 19.2. The van der Waals surface area contributed by atoms with Crippen molar-refractivity contribution >= 4 is 12.8 Å². The number of ether oxygens (including phenoxy) is 1. The smallest absolute Gasteiger partial charge is 0.207 e. The zero-order valence-corrected chi connectivity index (χ0v) is 13.2. The molecular formula is C13H27N5O3. The number of hydrazine groups is 1. The second-order valence-electron chi connectivity index (χ2n) is 6.07. The molecule has 0 aliphatic heterocycles. The second kappa shape index (κ2) is 8.48. The molecule has 0 saturated carbocycles. The van der Waals surface area contributed by atoms with Crippen LogP contribution in [-0.4, -0.2) is 48.7 Å². The lowest BCUT2D eigenvalue weighted by Crippen LogP contribution is -2.48. The molecule has 21 heavy (non-hydrogen) atoms. The molecular weight excluding hydrogens is 274 g/mol. The van der Waals surface area contributed by atoms with E-state index in [0.29, 0.717) is 31.7 Å². The van der Waals surface area contributed by atoms with Crippen LogP contribution in [0.2, 0.25) is 0 Å². The average molecular weight is 301 g/mol. The molecule has 2 amide bonds. The predicted octanol–water partition coefficient (Wildman–Crippen LogP) is -0.972. The maximum absolute atomic E-state index is 10.5. The van der Waals surface area contributed by atoms with E-state index < -0.39 is 11.1 Å². The normalized spacial score (nSPS) is 12.7. The summed E-state index contributed by atoms with van der Waals surface area (Å²) >= 11 is 0. The van der Waals surface area contributed by atoms with Gasteiger partial charge >= 0.3 is 0 Å². The number of nitrogens with one attached hydrogen (secondary N) is 2. The minimum atomic E-state index is -0.536. The summed E-state index contributed by atoms with van der Waals surface area (Å²) in [6.07, 6.45) is 2.75. The maximum atomic E-state index is 10.5. The van der Waals surface area contributed by atoms with Gasteiger partial charge in [-0.15, -0.1) is 0 Å². The first-order valence-electron chi connectivity index (χ1n) is 6.62. The Morgan fingerprint density at radius 2 is 1.86 bits per heavy atom. The van der Waals surface area contributed by atoms with Crippen molar-refractivity contribution in [3.05, 3.63) is 11.9 Å². The molecule has 8 heteroatoms. The second-order valence-corrected chi connectivity index (χ2v) is 6.07. The zero-order valence-electron chi connectivity index (χ0n) is 13.2. The van der Waals surface area contributed by atoms with Gasteiger partial charge in [0.1, 0.15) is 0 Å². The fourth-order valence-corrected chi connectivity index (χ4v) is 1.53. The van der Waals surface area contributed by atoms with Crippen molar-refractivity contribution in [3.63, 3.8) is 0 Å². The number of nitrogens with zero attached hydrogens (tertiary/aromatic N) is 1. The number of carbonyl (C=O) groups is 2. The number of nitrogens with two attached hydrogens (primary N) is 2. The van der Waals surface area contributed by atoms with Gasteiger partial charge in [-0.25, -0.2) is 5.84 Å². The van der Waals surface area contributed by atoms with E-state index in [2.05, 4.69) is 10.6 Å². The minimum absolute atomic E-state index is 0.231. The third kappa shape index (κ3) is 9.69. The lowest BCUT2D eigenvalue weighted by atomic mass is 10.1. The molecule has 0 aromatic rings. The van der Waals surface area contributed by atoms with Crippen LogP contribution in [0.25, 0.3) is 0 Å². The van der Waals surface area contributed by atoms with Gasteiger partial charge in [0.15, 0.2) is 0 Å². The van der Waals surface area contributed by atoms with Crippen molar-refractivity contribution in [2.24, 2.45) is 11.6 Å². The molecule has 0 spiro atoms. The Balaban J connectivity index is 4.38. The quantitative estimate of drug-likeness (QED) is 0.221. The van der Waals surface area contributed by atoms with Crippen molar-refractivity contribution in [2.75, 3.05) is 19.7 Å². The summed E-state index contributed by atoms with van der Waals surface area (Å²) in [5.41, 5.74) is 5.13. The lowest BCUT2D eigenvalue weighted by Gasteiger charge is -2.33. The summed E-state index contributed by atoms with van der Waals surface area (Å²) in [7, 11) is 0. The fourth-order valence-electron chi connectivity index (χ4n) is 1.53. The molecule has 0 atom stereocenters. The van der Waals surface area contributed by atoms with Crippen LogP contribution in [0.1, 0.15) is 27.7 Å². The summed E-state index contributed by atoms with van der Waals surface area (Å²) < 4.78 is 5.80. The number of carbonyl (C=O) groups excluding carboxylic acids is 2. The topological polar surface area (TPSA) is 123 Å². The molecule has 122 valence electrons. The lowest BCUT2D eigenvalue weighted by molar-refractivity contribution is -0.113. The van der Waals surface area contributed by atoms with E-state index >= 15 is 0 Å². The van der Waals surface area contributed by atoms with E-state index in [1.807, 2.05) is 27.7 Å². The van der Waals surface area contributed by atoms with Gasteiger partial charge in [0, 0.05) is 11.9 Å². The Hall–Kier alpha value is -1.80. The van der Waals surface area contributed by atoms with Gasteiger partial charge in [-0.05, 0) is 27.7 Å². The van der Waals surface area contributed by atoms with E-state index in [9.17, 15) is 9.59 Å². The molecule has 0 rings (SSSR count). The van der Waals surface area contributed by atoms with Crippen LogP contribution in [0.15, 0.2) is 11.9 Å². The molecule has 0 aliphatic carbocycles. The molecule has 0 aromatic carbocycles. The van der Waals surface area contributed by atoms with Crippen molar-refractivity contribution in [3.8, 4) is 0 Å². The van der Waals surface area contributed by atoms with Crippen LogP contribution >= 0.6 is 0 Å². The minimum Gasteiger partial charge on any atom is -0.399 e. The van der Waals surface area contributed by atoms with Gasteiger partial charge in [0.05, 0.1) is 30.8 Å². The predicted molar refractivity (Wildman–Crippen MR) is 80.5 cm³/mol. The number of hydrogen-bond acceptors (Lipinski definition) is 6. The summed E-state index contributed by atoms with van der Waals surface area (Å²) in [4.78, 5) is 20.6. The van der Waals surface area contributed by atoms with Gasteiger partial charge in [-0.1, -0.05) is 0 Å². The fraction of sp³-hybridized carbons (Fsp3) is 0.692. The molecule has 0 aliphatic rings. The Morgan fingerprint density at radius 1 is 1.24 bits per heavy atom. The van der Waals surface area contributed by atoms with E-state index in [1.165, 1.54) is 11.2 Å². The SMILES string of the molecule is CC(C)(COC(C)(C)CN(N)/C=C(\N)CNC=O)NC=O. The summed E-state index contributed by atoms with van der Waals surface area (Å²) in [5.74, 6) is 5.84. The third-order valence-electron chi connectivity index (χ3n) is 2.56. The van der Waals surface area contributed by atoms with Crippen molar-refractivity contribution < 1.29 is 14.3 Å². The maximum Gasteiger partial charge on any atom is 0.207 e. The molecule has 0 saturated heterocycles. The highest BCUT2D eigenvalue weighted by Crippen LogP contribution is 2.14. The third-order valence-corrected chi connectivity index (χ3v) is 2.56. The molecule has 8 nitrogen and oxygen atoms in total. The Bertz CT molecular complexity index is 369. The van der Waals surface area contributed by atoms with Crippen molar-refractivity contribution in [1.29, 1.82) is 0 Å². The molecule has 0 aromatic heterocycles.